The highest BCUT2D eigenvalue weighted by Crippen LogP contribution is 2.20. The van der Waals surface area contributed by atoms with Gasteiger partial charge >= 0.3 is 0 Å². The van der Waals surface area contributed by atoms with Gasteiger partial charge in [-0.25, -0.2) is 4.98 Å². The number of carbonyl (C=O) groups excluding carboxylic acids is 1. The molecule has 0 saturated heterocycles. The first-order chi connectivity index (χ1) is 12.7. The van der Waals surface area contributed by atoms with Crippen molar-refractivity contribution in [3.63, 3.8) is 0 Å². The van der Waals surface area contributed by atoms with Crippen molar-refractivity contribution in [1.29, 1.82) is 0 Å². The highest BCUT2D eigenvalue weighted by Gasteiger charge is 2.19. The number of amides is 1. The lowest BCUT2D eigenvalue weighted by Crippen LogP contribution is -2.31. The van der Waals surface area contributed by atoms with Crippen LogP contribution in [0.2, 0.25) is 0 Å². The average Bonchev–Trinajstić information content (AvgIpc) is 2.72. The molecule has 4 heteroatoms. The van der Waals surface area contributed by atoms with Crippen LogP contribution in [0.4, 0.5) is 5.82 Å². The van der Waals surface area contributed by atoms with Gasteiger partial charge in [0.15, 0.2) is 0 Å². The third kappa shape index (κ3) is 4.09. The minimum absolute atomic E-state index is 0.0917. The molecule has 0 aliphatic carbocycles. The van der Waals surface area contributed by atoms with Crippen molar-refractivity contribution in [3.8, 4) is 5.75 Å². The molecule has 1 heterocycles. The molecule has 26 heavy (non-hydrogen) atoms. The summed E-state index contributed by atoms with van der Waals surface area (Å²) in [4.78, 5) is 19.2. The van der Waals surface area contributed by atoms with E-state index in [0.29, 0.717) is 17.9 Å². The van der Waals surface area contributed by atoms with Gasteiger partial charge in [0.2, 0.25) is 0 Å². The van der Waals surface area contributed by atoms with Crippen LogP contribution in [0.25, 0.3) is 0 Å². The number of ether oxygens (including phenoxy) is 1. The fourth-order valence-electron chi connectivity index (χ4n) is 2.72. The largest absolute Gasteiger partial charge is 0.497 e. The Hall–Kier alpha value is -3.14. The molecule has 132 valence electrons. The maximum absolute atomic E-state index is 13.1. The van der Waals surface area contributed by atoms with Crippen molar-refractivity contribution in [1.82, 2.24) is 4.98 Å². The normalized spacial score (nSPS) is 10.4. The van der Waals surface area contributed by atoms with Gasteiger partial charge in [-0.15, -0.1) is 0 Å². The molecule has 0 radical (unpaired) electrons. The van der Waals surface area contributed by atoms with E-state index >= 15 is 0 Å². The van der Waals surface area contributed by atoms with Crippen LogP contribution in [0.3, 0.4) is 0 Å². The molecule has 0 bridgehead atoms. The van der Waals surface area contributed by atoms with Gasteiger partial charge < -0.3 is 4.74 Å². The molecule has 0 atom stereocenters. The Kier molecular flexibility index (Phi) is 5.64. The summed E-state index contributed by atoms with van der Waals surface area (Å²) < 4.78 is 5.17. The molecular formula is C22H22N2O2. The minimum atomic E-state index is -0.0917. The number of rotatable bonds is 6. The number of benzene rings is 2. The molecule has 0 N–H and O–H groups in total. The number of nitrogens with zero attached hydrogens (tertiary/aromatic N) is 2. The van der Waals surface area contributed by atoms with E-state index in [1.165, 1.54) is 5.56 Å². The summed E-state index contributed by atoms with van der Waals surface area (Å²) in [7, 11) is 1.61. The van der Waals surface area contributed by atoms with Crippen molar-refractivity contribution in [2.45, 2.75) is 19.9 Å². The second-order valence-electron chi connectivity index (χ2n) is 5.98. The SMILES string of the molecule is CCc1ccc(CN(C(=O)c2ccc(OC)cc2)c2ccccn2)cc1. The van der Waals surface area contributed by atoms with E-state index < -0.39 is 0 Å². The van der Waals surface area contributed by atoms with Crippen LogP contribution in [0.1, 0.15) is 28.4 Å². The number of hydrogen-bond donors (Lipinski definition) is 0. The maximum Gasteiger partial charge on any atom is 0.259 e. The summed E-state index contributed by atoms with van der Waals surface area (Å²) in [5.41, 5.74) is 2.94. The highest BCUT2D eigenvalue weighted by atomic mass is 16.5. The van der Waals surface area contributed by atoms with E-state index in [0.717, 1.165) is 17.7 Å². The van der Waals surface area contributed by atoms with Gasteiger partial charge in [0.05, 0.1) is 13.7 Å². The lowest BCUT2D eigenvalue weighted by atomic mass is 10.1. The first kappa shape index (κ1) is 17.7. The fourth-order valence-corrected chi connectivity index (χ4v) is 2.72. The maximum atomic E-state index is 13.1. The predicted octanol–water partition coefficient (Wildman–Crippen LogP) is 4.50. The number of anilines is 1. The molecule has 3 rings (SSSR count). The van der Waals surface area contributed by atoms with Gasteiger partial charge in [0, 0.05) is 11.8 Å². The Morgan fingerprint density at radius 3 is 2.23 bits per heavy atom. The summed E-state index contributed by atoms with van der Waals surface area (Å²) in [5, 5.41) is 0. The van der Waals surface area contributed by atoms with Crippen molar-refractivity contribution in [3.05, 3.63) is 89.6 Å². The Bertz CT molecular complexity index is 844. The molecule has 1 aromatic heterocycles. The van der Waals surface area contributed by atoms with Crippen LogP contribution < -0.4 is 9.64 Å². The molecule has 0 fully saturated rings. The van der Waals surface area contributed by atoms with Crippen LogP contribution in [0.5, 0.6) is 5.75 Å². The molecule has 0 aliphatic heterocycles. The highest BCUT2D eigenvalue weighted by molar-refractivity contribution is 6.05. The van der Waals surface area contributed by atoms with Gasteiger partial charge in [-0.05, 0) is 53.9 Å². The van der Waals surface area contributed by atoms with Crippen molar-refractivity contribution >= 4 is 11.7 Å². The first-order valence-electron chi connectivity index (χ1n) is 8.66. The fraction of sp³-hybridized carbons (Fsp3) is 0.182. The van der Waals surface area contributed by atoms with E-state index in [1.54, 1.807) is 42.5 Å². The third-order valence-electron chi connectivity index (χ3n) is 4.28. The zero-order valence-corrected chi connectivity index (χ0v) is 15.1. The Labute approximate surface area is 154 Å². The van der Waals surface area contributed by atoms with Gasteiger partial charge in [-0.1, -0.05) is 37.3 Å². The monoisotopic (exact) mass is 346 g/mol. The van der Waals surface area contributed by atoms with Gasteiger partial charge in [-0.2, -0.15) is 0 Å². The summed E-state index contributed by atoms with van der Waals surface area (Å²) >= 11 is 0. The standard InChI is InChI=1S/C22H22N2O2/c1-3-17-7-9-18(10-8-17)16-24(21-6-4-5-15-23-21)22(25)19-11-13-20(26-2)14-12-19/h4-15H,3,16H2,1-2H3. The number of methoxy groups -OCH3 is 1. The smallest absolute Gasteiger partial charge is 0.259 e. The molecule has 3 aromatic rings. The molecule has 0 unspecified atom stereocenters. The number of carbonyl (C=O) groups is 1. The predicted molar refractivity (Wildman–Crippen MR) is 104 cm³/mol. The van der Waals surface area contributed by atoms with Crippen LogP contribution >= 0.6 is 0 Å². The minimum Gasteiger partial charge on any atom is -0.497 e. The number of aryl methyl sites for hydroxylation is 1. The summed E-state index contributed by atoms with van der Waals surface area (Å²) in [6.45, 7) is 2.59. The molecule has 4 nitrogen and oxygen atoms in total. The van der Waals surface area contributed by atoms with Gasteiger partial charge in [0.1, 0.15) is 11.6 Å². The van der Waals surface area contributed by atoms with Crippen LogP contribution in [0.15, 0.2) is 72.9 Å². The zero-order valence-electron chi connectivity index (χ0n) is 15.1. The zero-order chi connectivity index (χ0) is 18.4. The Balaban J connectivity index is 1.90. The van der Waals surface area contributed by atoms with Crippen LogP contribution in [-0.2, 0) is 13.0 Å². The van der Waals surface area contributed by atoms with Crippen LogP contribution in [-0.4, -0.2) is 18.0 Å². The van der Waals surface area contributed by atoms with E-state index in [-0.39, 0.29) is 5.91 Å². The quantitative estimate of drug-likeness (QED) is 0.660. The van der Waals surface area contributed by atoms with Gasteiger partial charge in [0.25, 0.3) is 5.91 Å². The van der Waals surface area contributed by atoms with E-state index in [1.807, 2.05) is 18.2 Å². The second-order valence-corrected chi connectivity index (χ2v) is 5.98. The summed E-state index contributed by atoms with van der Waals surface area (Å²) in [5.74, 6) is 1.26. The van der Waals surface area contributed by atoms with Crippen molar-refractivity contribution < 1.29 is 9.53 Å². The topological polar surface area (TPSA) is 42.4 Å². The van der Waals surface area contributed by atoms with Crippen molar-refractivity contribution in [2.75, 3.05) is 12.0 Å². The van der Waals surface area contributed by atoms with E-state index in [4.69, 9.17) is 4.74 Å². The molecule has 0 aliphatic rings. The number of aromatic nitrogens is 1. The molecule has 0 saturated carbocycles. The van der Waals surface area contributed by atoms with E-state index in [9.17, 15) is 4.79 Å². The van der Waals surface area contributed by atoms with E-state index in [2.05, 4.69) is 36.2 Å². The summed E-state index contributed by atoms with van der Waals surface area (Å²) in [6, 6.07) is 21.0. The second kappa shape index (κ2) is 8.30. The number of hydrogen-bond acceptors (Lipinski definition) is 3. The lowest BCUT2D eigenvalue weighted by Gasteiger charge is -2.22. The Morgan fingerprint density at radius 2 is 1.65 bits per heavy atom. The van der Waals surface area contributed by atoms with Gasteiger partial charge in [-0.3, -0.25) is 9.69 Å². The average molecular weight is 346 g/mol. The molecule has 2 aromatic carbocycles. The third-order valence-corrected chi connectivity index (χ3v) is 4.28. The Morgan fingerprint density at radius 1 is 0.962 bits per heavy atom. The van der Waals surface area contributed by atoms with Crippen LogP contribution in [0, 0.1) is 0 Å². The molecule has 0 spiro atoms. The molecule has 1 amide bonds. The van der Waals surface area contributed by atoms with Crippen molar-refractivity contribution in [2.24, 2.45) is 0 Å². The first-order valence-corrected chi connectivity index (χ1v) is 8.66. The number of pyridine rings is 1. The molecular weight excluding hydrogens is 324 g/mol. The summed E-state index contributed by atoms with van der Waals surface area (Å²) in [6.07, 6.45) is 2.69. The lowest BCUT2D eigenvalue weighted by molar-refractivity contribution is 0.0984.